The van der Waals surface area contributed by atoms with E-state index in [0.717, 1.165) is 21.8 Å². The van der Waals surface area contributed by atoms with E-state index in [0.29, 0.717) is 34.2 Å². The van der Waals surface area contributed by atoms with E-state index >= 15 is 0 Å². The maximum atomic E-state index is 8.95. The van der Waals surface area contributed by atoms with Crippen molar-refractivity contribution in [2.45, 2.75) is 0 Å². The Morgan fingerprint density at radius 2 is 1.24 bits per heavy atom. The zero-order valence-corrected chi connectivity index (χ0v) is 29.5. The van der Waals surface area contributed by atoms with Gasteiger partial charge in [-0.2, -0.15) is 18.2 Å². The number of aromatic nitrogens is 5. The van der Waals surface area contributed by atoms with E-state index in [2.05, 4.69) is 28.4 Å². The van der Waals surface area contributed by atoms with E-state index < -0.39 is 60.4 Å². The van der Waals surface area contributed by atoms with Crippen LogP contribution in [0.25, 0.3) is 72.4 Å². The van der Waals surface area contributed by atoms with Gasteiger partial charge in [0.05, 0.1) is 30.4 Å². The molecule has 260 valence electrons. The predicted molar refractivity (Wildman–Crippen MR) is 209 cm³/mol. The van der Waals surface area contributed by atoms with Crippen molar-refractivity contribution in [2.75, 3.05) is 0 Å². The maximum absolute atomic E-state index is 8.95. The standard InChI is InChI=1S/C47H29N5O.Pd/c1-3-14-33(15-4-1)38-21-12-22-39(34-16-5-2-6-17-34)46(38)51-32-50(43-24-9-10-25-44(43)51)35-18-11-19-36(30-35)53-37-26-27-41-40-20-7-8-23-42(40)52(45(41)31-37)47-48-28-13-29-49-47;/h1-29H;/q-2;/i1D,2D,3D,4D,5D,6D,14D,15D,16D,17D;. The molecule has 7 heteroatoms. The van der Waals surface area contributed by atoms with Crippen LogP contribution < -0.4 is 9.30 Å². The van der Waals surface area contributed by atoms with Crippen molar-refractivity contribution < 1.29 is 43.4 Å². The first-order chi connectivity index (χ1) is 30.4. The van der Waals surface area contributed by atoms with Gasteiger partial charge in [-0.3, -0.25) is 4.57 Å². The molecule has 3 aromatic heterocycles. The van der Waals surface area contributed by atoms with Gasteiger partial charge in [0.1, 0.15) is 0 Å². The minimum absolute atomic E-state index is 0. The first-order valence-corrected chi connectivity index (χ1v) is 16.6. The normalized spacial score (nSPS) is 13.8. The molecule has 0 N–H and O–H groups in total. The Hall–Kier alpha value is -6.65. The number of hydrogen-bond acceptors (Lipinski definition) is 3. The molecule has 7 aromatic carbocycles. The third-order valence-corrected chi connectivity index (χ3v) is 8.88. The molecule has 6 nitrogen and oxygen atoms in total. The molecule has 10 aromatic rings. The second-order valence-corrected chi connectivity index (χ2v) is 11.9. The van der Waals surface area contributed by atoms with Crippen LogP contribution in [0.15, 0.2) is 176 Å². The number of benzene rings is 7. The first-order valence-electron chi connectivity index (χ1n) is 21.6. The largest absolute Gasteiger partial charge is 0.510 e. The summed E-state index contributed by atoms with van der Waals surface area (Å²) >= 11 is 0. The van der Waals surface area contributed by atoms with Crippen molar-refractivity contribution in [3.8, 4) is 51.1 Å². The van der Waals surface area contributed by atoms with Gasteiger partial charge in [0.25, 0.3) is 6.33 Å². The minimum atomic E-state index is -0.573. The fraction of sp³-hybridized carbons (Fsp3) is 0. The third kappa shape index (κ3) is 5.77. The molecule has 0 saturated heterocycles. The van der Waals surface area contributed by atoms with E-state index in [9.17, 15) is 0 Å². The fourth-order valence-corrected chi connectivity index (χ4v) is 6.65. The Kier molecular flexibility index (Phi) is 6.20. The Balaban J connectivity index is 0.00000518. The molecule has 0 saturated carbocycles. The zero-order chi connectivity index (χ0) is 43.8. The summed E-state index contributed by atoms with van der Waals surface area (Å²) in [7, 11) is 0. The summed E-state index contributed by atoms with van der Waals surface area (Å²) in [6, 6.07) is 32.3. The number of nitrogens with zero attached hydrogens (tertiary/aromatic N) is 5. The average Bonchev–Trinajstić information content (AvgIpc) is 3.85. The second kappa shape index (κ2) is 14.1. The summed E-state index contributed by atoms with van der Waals surface area (Å²) in [5.74, 6) is 1.23. The molecule has 0 aliphatic rings. The number of rotatable bonds is 7. The van der Waals surface area contributed by atoms with Gasteiger partial charge in [0.2, 0.25) is 5.95 Å². The summed E-state index contributed by atoms with van der Waals surface area (Å²) in [4.78, 5) is 9.01. The van der Waals surface area contributed by atoms with Crippen LogP contribution in [0.5, 0.6) is 11.5 Å². The molecule has 0 radical (unpaired) electrons. The van der Waals surface area contributed by atoms with Gasteiger partial charge in [-0.15, -0.1) is 29.7 Å². The Labute approximate surface area is 339 Å². The molecule has 0 aliphatic carbocycles. The molecule has 10 rings (SSSR count). The van der Waals surface area contributed by atoms with Gasteiger partial charge in [-0.1, -0.05) is 127 Å². The molecule has 0 amide bonds. The Morgan fingerprint density at radius 1 is 0.593 bits per heavy atom. The van der Waals surface area contributed by atoms with Gasteiger partial charge in [0, 0.05) is 49.8 Å². The molecule has 54 heavy (non-hydrogen) atoms. The smallest absolute Gasteiger partial charge is 0.268 e. The second-order valence-electron chi connectivity index (χ2n) is 11.9. The van der Waals surface area contributed by atoms with Crippen LogP contribution in [0.1, 0.15) is 13.7 Å². The van der Waals surface area contributed by atoms with Gasteiger partial charge in [-0.25, -0.2) is 9.97 Å². The number of imidazole rings is 1. The van der Waals surface area contributed by atoms with Crippen molar-refractivity contribution in [1.29, 1.82) is 0 Å². The summed E-state index contributed by atoms with van der Waals surface area (Å²) in [6.07, 6.45) is 6.73. The van der Waals surface area contributed by atoms with Crippen LogP contribution in [0, 0.1) is 18.5 Å². The van der Waals surface area contributed by atoms with Crippen LogP contribution in [-0.2, 0) is 20.4 Å². The average molecular weight is 796 g/mol. The first kappa shape index (κ1) is 23.8. The summed E-state index contributed by atoms with van der Waals surface area (Å²) < 4.78 is 98.0. The predicted octanol–water partition coefficient (Wildman–Crippen LogP) is 10.3. The number of hydrogen-bond donors (Lipinski definition) is 0. The van der Waals surface area contributed by atoms with Crippen molar-refractivity contribution in [3.63, 3.8) is 0 Å². The van der Waals surface area contributed by atoms with Crippen LogP contribution >= 0.6 is 0 Å². The molecular formula is C47H29N5OPd-2. The summed E-state index contributed by atoms with van der Waals surface area (Å²) in [6.45, 7) is 0. The van der Waals surface area contributed by atoms with Gasteiger partial charge >= 0.3 is 0 Å². The van der Waals surface area contributed by atoms with Crippen molar-refractivity contribution >= 4 is 32.8 Å². The summed E-state index contributed by atoms with van der Waals surface area (Å²) in [5, 5.41) is 1.94. The monoisotopic (exact) mass is 795 g/mol. The van der Waals surface area contributed by atoms with Crippen molar-refractivity contribution in [1.82, 2.24) is 19.1 Å². The molecule has 0 atom stereocenters. The molecule has 3 heterocycles. The van der Waals surface area contributed by atoms with Crippen molar-refractivity contribution in [3.05, 3.63) is 194 Å². The Bertz CT molecular complexity index is 3380. The third-order valence-electron chi connectivity index (χ3n) is 8.88. The molecule has 0 fully saturated rings. The number of fused-ring (bicyclic) bond motifs is 4. The van der Waals surface area contributed by atoms with Gasteiger partial charge in [-0.05, 0) is 45.5 Å². The fourth-order valence-electron chi connectivity index (χ4n) is 6.65. The zero-order valence-electron chi connectivity index (χ0n) is 37.9. The van der Waals surface area contributed by atoms with Crippen molar-refractivity contribution in [2.24, 2.45) is 0 Å². The minimum Gasteiger partial charge on any atom is -0.510 e. The molecular weight excluding hydrogens is 757 g/mol. The maximum Gasteiger partial charge on any atom is 0.268 e. The topological polar surface area (TPSA) is 48.8 Å². The van der Waals surface area contributed by atoms with Crippen LogP contribution in [-0.4, -0.2) is 19.1 Å². The Morgan fingerprint density at radius 3 is 1.98 bits per heavy atom. The van der Waals surface area contributed by atoms with Gasteiger partial charge < -0.3 is 13.9 Å². The number of para-hydroxylation sites is 4. The van der Waals surface area contributed by atoms with E-state index in [1.807, 2.05) is 53.1 Å². The number of ether oxygens (including phenoxy) is 1. The molecule has 0 unspecified atom stereocenters. The summed E-state index contributed by atoms with van der Waals surface area (Å²) in [5.41, 5.74) is 3.41. The van der Waals surface area contributed by atoms with Crippen LogP contribution in [0.3, 0.4) is 0 Å². The van der Waals surface area contributed by atoms with E-state index in [4.69, 9.17) is 18.4 Å². The van der Waals surface area contributed by atoms with E-state index in [1.54, 1.807) is 76.1 Å². The van der Waals surface area contributed by atoms with Gasteiger partial charge in [0.15, 0.2) is 0 Å². The van der Waals surface area contributed by atoms with Crippen LogP contribution in [0.4, 0.5) is 0 Å². The molecule has 0 bridgehead atoms. The quantitative estimate of drug-likeness (QED) is 0.0917. The van der Waals surface area contributed by atoms with Crippen LogP contribution in [0.2, 0.25) is 0 Å². The van der Waals surface area contributed by atoms with E-state index in [-0.39, 0.29) is 48.4 Å². The van der Waals surface area contributed by atoms with E-state index in [1.165, 1.54) is 0 Å². The molecule has 0 aliphatic heterocycles. The SMILES string of the molecule is [2H]c1c([2H])c([2H])c(-c2cccc(-c3c([2H])c([2H])c([2H])c([2H])c3[2H])c2-[n+]2[c-]n(-c3[c-]c(Oc4[c-]c5c(cc4)c4ccccc4n5-c4ncccn4)ccc3)c3ccccc32)c([2H])c1[2H].[Pd]. The molecule has 0 spiro atoms.